The number of hydrogen-bond acceptors (Lipinski definition) is 2. The maximum atomic E-state index is 5.95. The van der Waals surface area contributed by atoms with Gasteiger partial charge in [-0.1, -0.05) is 18.1 Å². The molecule has 2 nitrogen and oxygen atoms in total. The van der Waals surface area contributed by atoms with Crippen molar-refractivity contribution in [3.05, 3.63) is 29.8 Å². The number of hydrogen-bond donors (Lipinski definition) is 0. The Morgan fingerprint density at radius 2 is 1.47 bits per heavy atom. The fourth-order valence-electron chi connectivity index (χ4n) is 1.72. The van der Waals surface area contributed by atoms with Crippen molar-refractivity contribution in [1.29, 1.82) is 0 Å². The van der Waals surface area contributed by atoms with Crippen molar-refractivity contribution < 1.29 is 9.31 Å². The van der Waals surface area contributed by atoms with E-state index in [1.165, 1.54) is 0 Å². The van der Waals surface area contributed by atoms with E-state index in [-0.39, 0.29) is 18.3 Å². The van der Waals surface area contributed by atoms with Crippen LogP contribution in [0.2, 0.25) is 0 Å². The van der Waals surface area contributed by atoms with Crippen molar-refractivity contribution in [1.82, 2.24) is 0 Å². The van der Waals surface area contributed by atoms with E-state index < -0.39 is 0 Å². The van der Waals surface area contributed by atoms with Gasteiger partial charge in [-0.25, -0.2) is 0 Å². The summed E-state index contributed by atoms with van der Waals surface area (Å²) in [4.78, 5) is 0. The van der Waals surface area contributed by atoms with Crippen molar-refractivity contribution >= 4 is 12.6 Å². The third-order valence-electron chi connectivity index (χ3n) is 3.60. The fraction of sp³-hybridized carbons (Fsp3) is 0.429. The molecular formula is C14H17BO2. The molecule has 0 unspecified atom stereocenters. The molecule has 0 N–H and O–H groups in total. The Morgan fingerprint density at radius 1 is 1.00 bits per heavy atom. The molecule has 0 saturated carbocycles. The lowest BCUT2D eigenvalue weighted by Crippen LogP contribution is -2.41. The molecule has 1 heterocycles. The summed E-state index contributed by atoms with van der Waals surface area (Å²) < 4.78 is 11.9. The summed E-state index contributed by atoms with van der Waals surface area (Å²) in [5.41, 5.74) is 1.26. The van der Waals surface area contributed by atoms with Crippen LogP contribution in [0.1, 0.15) is 33.3 Å². The van der Waals surface area contributed by atoms with Gasteiger partial charge in [-0.2, -0.15) is 0 Å². The monoisotopic (exact) mass is 228 g/mol. The van der Waals surface area contributed by atoms with Crippen LogP contribution < -0.4 is 5.46 Å². The lowest BCUT2D eigenvalue weighted by atomic mass is 9.79. The highest BCUT2D eigenvalue weighted by molar-refractivity contribution is 6.62. The fourth-order valence-corrected chi connectivity index (χ4v) is 1.72. The molecule has 0 aliphatic carbocycles. The first-order chi connectivity index (χ1) is 7.86. The van der Waals surface area contributed by atoms with Crippen LogP contribution in [-0.4, -0.2) is 18.3 Å². The maximum Gasteiger partial charge on any atom is 0.494 e. The molecule has 1 aliphatic rings. The zero-order valence-electron chi connectivity index (χ0n) is 10.8. The van der Waals surface area contributed by atoms with E-state index in [9.17, 15) is 0 Å². The Kier molecular flexibility index (Phi) is 2.81. The van der Waals surface area contributed by atoms with Crippen molar-refractivity contribution in [2.75, 3.05) is 0 Å². The van der Waals surface area contributed by atoms with Gasteiger partial charge in [0.2, 0.25) is 0 Å². The molecule has 88 valence electrons. The van der Waals surface area contributed by atoms with Gasteiger partial charge in [0.1, 0.15) is 0 Å². The Hall–Kier alpha value is -1.24. The quantitative estimate of drug-likeness (QED) is 0.540. The molecule has 0 radical (unpaired) electrons. The average molecular weight is 228 g/mol. The molecule has 3 heteroatoms. The Bertz CT molecular complexity index is 438. The maximum absolute atomic E-state index is 5.95. The van der Waals surface area contributed by atoms with E-state index in [1.807, 2.05) is 52.0 Å². The molecule has 0 amide bonds. The van der Waals surface area contributed by atoms with Gasteiger partial charge >= 0.3 is 7.12 Å². The molecule has 0 atom stereocenters. The minimum Gasteiger partial charge on any atom is -0.399 e. The smallest absolute Gasteiger partial charge is 0.399 e. The Morgan fingerprint density at radius 3 is 1.88 bits per heavy atom. The van der Waals surface area contributed by atoms with Crippen molar-refractivity contribution in [2.24, 2.45) is 0 Å². The highest BCUT2D eigenvalue weighted by Crippen LogP contribution is 2.36. The predicted octanol–water partition coefficient (Wildman–Crippen LogP) is 1.97. The average Bonchev–Trinajstić information content (AvgIpc) is 2.48. The number of benzene rings is 1. The standard InChI is InChI=1S/C14H17BO2/c1-6-11-7-9-12(10-8-11)15-16-13(2,3)14(4,5)17-15/h1,7-10H,2-5H3. The zero-order valence-corrected chi connectivity index (χ0v) is 10.8. The lowest BCUT2D eigenvalue weighted by Gasteiger charge is -2.32. The molecule has 2 rings (SSSR count). The summed E-state index contributed by atoms with van der Waals surface area (Å²) in [6.07, 6.45) is 5.33. The van der Waals surface area contributed by atoms with Gasteiger partial charge in [0, 0.05) is 5.56 Å². The summed E-state index contributed by atoms with van der Waals surface area (Å²) in [6.45, 7) is 8.18. The van der Waals surface area contributed by atoms with Crippen LogP contribution in [0.25, 0.3) is 0 Å². The van der Waals surface area contributed by atoms with Gasteiger partial charge in [0.25, 0.3) is 0 Å². The number of rotatable bonds is 1. The lowest BCUT2D eigenvalue weighted by molar-refractivity contribution is 0.00578. The minimum absolute atomic E-state index is 0.303. The minimum atomic E-state index is -0.313. The first-order valence-corrected chi connectivity index (χ1v) is 5.78. The van der Waals surface area contributed by atoms with E-state index in [0.717, 1.165) is 11.0 Å². The summed E-state index contributed by atoms with van der Waals surface area (Å²) >= 11 is 0. The summed E-state index contributed by atoms with van der Waals surface area (Å²) in [5, 5.41) is 0. The van der Waals surface area contributed by atoms with E-state index in [4.69, 9.17) is 15.7 Å². The van der Waals surface area contributed by atoms with Gasteiger partial charge in [0.15, 0.2) is 0 Å². The molecule has 1 fully saturated rings. The summed E-state index contributed by atoms with van der Waals surface area (Å²) in [7, 11) is -0.313. The normalized spacial score (nSPS) is 21.2. The van der Waals surface area contributed by atoms with Crippen LogP contribution in [0.5, 0.6) is 0 Å². The summed E-state index contributed by atoms with van der Waals surface area (Å²) in [6, 6.07) is 7.72. The molecule has 1 aromatic carbocycles. The van der Waals surface area contributed by atoms with E-state index >= 15 is 0 Å². The second kappa shape index (κ2) is 3.91. The van der Waals surface area contributed by atoms with E-state index in [0.29, 0.717) is 0 Å². The highest BCUT2D eigenvalue weighted by Gasteiger charge is 2.51. The second-order valence-electron chi connectivity index (χ2n) is 5.35. The largest absolute Gasteiger partial charge is 0.494 e. The molecule has 17 heavy (non-hydrogen) atoms. The molecule has 0 spiro atoms. The molecular weight excluding hydrogens is 211 g/mol. The van der Waals surface area contributed by atoms with Gasteiger partial charge in [-0.3, -0.25) is 0 Å². The van der Waals surface area contributed by atoms with Crippen molar-refractivity contribution in [3.8, 4) is 12.3 Å². The molecule has 0 aromatic heterocycles. The first-order valence-electron chi connectivity index (χ1n) is 5.78. The van der Waals surface area contributed by atoms with E-state index in [2.05, 4.69) is 5.92 Å². The predicted molar refractivity (Wildman–Crippen MR) is 70.1 cm³/mol. The third kappa shape index (κ3) is 2.11. The van der Waals surface area contributed by atoms with Crippen LogP contribution >= 0.6 is 0 Å². The topological polar surface area (TPSA) is 18.5 Å². The summed E-state index contributed by atoms with van der Waals surface area (Å²) in [5.74, 6) is 2.60. The van der Waals surface area contributed by atoms with E-state index in [1.54, 1.807) is 0 Å². The molecule has 1 saturated heterocycles. The number of terminal acetylenes is 1. The van der Waals surface area contributed by atoms with Crippen LogP contribution in [0.4, 0.5) is 0 Å². The molecule has 1 aromatic rings. The first kappa shape index (κ1) is 12.2. The van der Waals surface area contributed by atoms with Gasteiger partial charge < -0.3 is 9.31 Å². The highest BCUT2D eigenvalue weighted by atomic mass is 16.7. The van der Waals surface area contributed by atoms with Gasteiger partial charge in [-0.15, -0.1) is 6.42 Å². The second-order valence-corrected chi connectivity index (χ2v) is 5.35. The zero-order chi connectivity index (χ0) is 12.7. The van der Waals surface area contributed by atoms with Gasteiger partial charge in [-0.05, 0) is 45.3 Å². The Balaban J connectivity index is 2.23. The molecule has 0 bridgehead atoms. The van der Waals surface area contributed by atoms with Crippen LogP contribution in [-0.2, 0) is 9.31 Å². The van der Waals surface area contributed by atoms with Crippen molar-refractivity contribution in [3.63, 3.8) is 0 Å². The SMILES string of the molecule is C#Cc1ccc(B2OC(C)(C)C(C)(C)O2)cc1. The van der Waals surface area contributed by atoms with Crippen LogP contribution in [0, 0.1) is 12.3 Å². The van der Waals surface area contributed by atoms with Crippen LogP contribution in [0.3, 0.4) is 0 Å². The van der Waals surface area contributed by atoms with Crippen molar-refractivity contribution in [2.45, 2.75) is 38.9 Å². The van der Waals surface area contributed by atoms with Crippen LogP contribution in [0.15, 0.2) is 24.3 Å². The molecule has 1 aliphatic heterocycles. The third-order valence-corrected chi connectivity index (χ3v) is 3.60. The van der Waals surface area contributed by atoms with Gasteiger partial charge in [0.05, 0.1) is 11.2 Å². The Labute approximate surface area is 103 Å².